The minimum atomic E-state index is -0.362. The van der Waals surface area contributed by atoms with Gasteiger partial charge in [-0.25, -0.2) is 0 Å². The van der Waals surface area contributed by atoms with E-state index in [4.69, 9.17) is 5.73 Å². The van der Waals surface area contributed by atoms with Crippen LogP contribution in [0.25, 0.3) is 0 Å². The number of thioether (sulfide) groups is 1. The average molecular weight is 297 g/mol. The first-order chi connectivity index (χ1) is 9.47. The molecule has 0 aromatic carbocycles. The number of primary amides is 1. The quantitative estimate of drug-likeness (QED) is 0.689. The summed E-state index contributed by atoms with van der Waals surface area (Å²) in [6.45, 7) is 1.85. The minimum Gasteiger partial charge on any atom is -0.370 e. The van der Waals surface area contributed by atoms with Gasteiger partial charge in [-0.2, -0.15) is 0 Å². The van der Waals surface area contributed by atoms with E-state index >= 15 is 0 Å². The van der Waals surface area contributed by atoms with Crippen LogP contribution in [0.2, 0.25) is 0 Å². The summed E-state index contributed by atoms with van der Waals surface area (Å²) >= 11 is 1.36. The Morgan fingerprint density at radius 3 is 2.80 bits per heavy atom. The van der Waals surface area contributed by atoms with Gasteiger partial charge in [0.1, 0.15) is 5.82 Å². The molecule has 1 aromatic rings. The molecular weight excluding hydrogens is 278 g/mol. The third-order valence-corrected chi connectivity index (χ3v) is 4.23. The zero-order valence-electron chi connectivity index (χ0n) is 11.6. The molecule has 8 heteroatoms. The van der Waals surface area contributed by atoms with E-state index in [0.717, 1.165) is 12.8 Å². The SMILES string of the molecule is C[C@H](Sc1nnc(CCC(N)=O)n1C)C(=O)NC1CC1. The maximum Gasteiger partial charge on any atom is 0.233 e. The molecule has 0 radical (unpaired) electrons. The van der Waals surface area contributed by atoms with Crippen molar-refractivity contribution in [3.63, 3.8) is 0 Å². The van der Waals surface area contributed by atoms with Crippen molar-refractivity contribution < 1.29 is 9.59 Å². The summed E-state index contributed by atoms with van der Waals surface area (Å²) in [7, 11) is 1.82. The first kappa shape index (κ1) is 14.8. The molecule has 1 aliphatic carbocycles. The van der Waals surface area contributed by atoms with Crippen molar-refractivity contribution in [3.05, 3.63) is 5.82 Å². The number of nitrogens with one attached hydrogen (secondary N) is 1. The fourth-order valence-corrected chi connectivity index (χ4v) is 2.50. The molecule has 1 atom stereocenters. The molecular formula is C12H19N5O2S. The molecule has 2 amide bonds. The Kier molecular flexibility index (Phi) is 4.64. The molecule has 7 nitrogen and oxygen atoms in total. The molecule has 0 aliphatic heterocycles. The number of nitrogens with two attached hydrogens (primary N) is 1. The van der Waals surface area contributed by atoms with E-state index in [1.807, 2.05) is 14.0 Å². The third-order valence-electron chi connectivity index (χ3n) is 3.10. The molecule has 0 saturated heterocycles. The molecule has 2 rings (SSSR count). The van der Waals surface area contributed by atoms with Crippen LogP contribution in [0.3, 0.4) is 0 Å². The molecule has 1 fully saturated rings. The number of hydrogen-bond acceptors (Lipinski definition) is 5. The fraction of sp³-hybridized carbons (Fsp3) is 0.667. The highest BCUT2D eigenvalue weighted by molar-refractivity contribution is 8.00. The average Bonchev–Trinajstić information content (AvgIpc) is 3.13. The van der Waals surface area contributed by atoms with Gasteiger partial charge in [0, 0.05) is 25.9 Å². The molecule has 1 heterocycles. The van der Waals surface area contributed by atoms with Crippen molar-refractivity contribution in [1.29, 1.82) is 0 Å². The van der Waals surface area contributed by atoms with E-state index < -0.39 is 0 Å². The summed E-state index contributed by atoms with van der Waals surface area (Å²) in [5.41, 5.74) is 5.12. The second-order valence-corrected chi connectivity index (χ2v) is 6.28. The van der Waals surface area contributed by atoms with Crippen LogP contribution >= 0.6 is 11.8 Å². The van der Waals surface area contributed by atoms with Crippen LogP contribution in [-0.4, -0.2) is 37.9 Å². The Morgan fingerprint density at radius 1 is 1.50 bits per heavy atom. The Labute approximate surface area is 121 Å². The number of carbonyl (C=O) groups is 2. The molecule has 1 aromatic heterocycles. The molecule has 1 saturated carbocycles. The minimum absolute atomic E-state index is 0.0270. The van der Waals surface area contributed by atoms with Crippen molar-refractivity contribution in [2.24, 2.45) is 12.8 Å². The summed E-state index contributed by atoms with van der Waals surface area (Å²) in [4.78, 5) is 22.7. The first-order valence-corrected chi connectivity index (χ1v) is 7.49. The van der Waals surface area contributed by atoms with Gasteiger partial charge < -0.3 is 15.6 Å². The Balaban J connectivity index is 1.91. The van der Waals surface area contributed by atoms with Crippen molar-refractivity contribution in [3.8, 4) is 0 Å². The Bertz CT molecular complexity index is 512. The van der Waals surface area contributed by atoms with Gasteiger partial charge in [-0.05, 0) is 19.8 Å². The zero-order valence-corrected chi connectivity index (χ0v) is 12.4. The normalized spacial score (nSPS) is 15.9. The summed E-state index contributed by atoms with van der Waals surface area (Å²) in [6, 6.07) is 0.358. The summed E-state index contributed by atoms with van der Waals surface area (Å²) in [5, 5.41) is 11.5. The highest BCUT2D eigenvalue weighted by Gasteiger charge is 2.26. The molecule has 0 unspecified atom stereocenters. The van der Waals surface area contributed by atoms with Gasteiger partial charge >= 0.3 is 0 Å². The van der Waals surface area contributed by atoms with Gasteiger partial charge in [-0.15, -0.1) is 10.2 Å². The number of amides is 2. The summed E-state index contributed by atoms with van der Waals surface area (Å²) in [5.74, 6) is 0.361. The maximum atomic E-state index is 11.9. The maximum absolute atomic E-state index is 11.9. The second kappa shape index (κ2) is 6.25. The van der Waals surface area contributed by atoms with E-state index in [2.05, 4.69) is 15.5 Å². The number of carbonyl (C=O) groups excluding carboxylic acids is 2. The first-order valence-electron chi connectivity index (χ1n) is 6.61. The third kappa shape index (κ3) is 3.96. The molecule has 1 aliphatic rings. The monoisotopic (exact) mass is 297 g/mol. The molecule has 0 spiro atoms. The van der Waals surface area contributed by atoms with Gasteiger partial charge in [-0.1, -0.05) is 11.8 Å². The molecule has 0 bridgehead atoms. The topological polar surface area (TPSA) is 103 Å². The van der Waals surface area contributed by atoms with Crippen LogP contribution in [-0.2, 0) is 23.1 Å². The second-order valence-electron chi connectivity index (χ2n) is 4.97. The predicted octanol–water partition coefficient (Wildman–Crippen LogP) is -0.00780. The smallest absolute Gasteiger partial charge is 0.233 e. The zero-order chi connectivity index (χ0) is 14.7. The van der Waals surface area contributed by atoms with Gasteiger partial charge in [0.2, 0.25) is 11.8 Å². The van der Waals surface area contributed by atoms with Crippen molar-refractivity contribution in [2.45, 2.75) is 49.1 Å². The number of aromatic nitrogens is 3. The van der Waals surface area contributed by atoms with Crippen LogP contribution < -0.4 is 11.1 Å². The van der Waals surface area contributed by atoms with Crippen LogP contribution in [0, 0.1) is 0 Å². The lowest BCUT2D eigenvalue weighted by molar-refractivity contribution is -0.120. The van der Waals surface area contributed by atoms with Crippen molar-refractivity contribution in [1.82, 2.24) is 20.1 Å². The van der Waals surface area contributed by atoms with Crippen LogP contribution in [0.1, 0.15) is 32.0 Å². The van der Waals surface area contributed by atoms with Crippen molar-refractivity contribution >= 4 is 23.6 Å². The number of nitrogens with zero attached hydrogens (tertiary/aromatic N) is 3. The van der Waals surface area contributed by atoms with E-state index in [1.165, 1.54) is 11.8 Å². The van der Waals surface area contributed by atoms with Crippen molar-refractivity contribution in [2.75, 3.05) is 0 Å². The van der Waals surface area contributed by atoms with E-state index in [9.17, 15) is 9.59 Å². The highest BCUT2D eigenvalue weighted by atomic mass is 32.2. The molecule has 110 valence electrons. The summed E-state index contributed by atoms with van der Waals surface area (Å²) < 4.78 is 1.80. The number of aryl methyl sites for hydroxylation is 1. The van der Waals surface area contributed by atoms with Crippen LogP contribution in [0.4, 0.5) is 0 Å². The Morgan fingerprint density at radius 2 is 2.20 bits per heavy atom. The van der Waals surface area contributed by atoms with E-state index in [1.54, 1.807) is 4.57 Å². The van der Waals surface area contributed by atoms with Gasteiger partial charge in [-0.3, -0.25) is 9.59 Å². The van der Waals surface area contributed by atoms with Gasteiger partial charge in [0.25, 0.3) is 0 Å². The van der Waals surface area contributed by atoms with Gasteiger partial charge in [0.05, 0.1) is 5.25 Å². The molecule has 3 N–H and O–H groups in total. The van der Waals surface area contributed by atoms with E-state index in [0.29, 0.717) is 23.4 Å². The van der Waals surface area contributed by atoms with Crippen LogP contribution in [0.5, 0.6) is 0 Å². The number of rotatable bonds is 7. The van der Waals surface area contributed by atoms with Gasteiger partial charge in [0.15, 0.2) is 5.16 Å². The largest absolute Gasteiger partial charge is 0.370 e. The lowest BCUT2D eigenvalue weighted by atomic mass is 10.3. The number of hydrogen-bond donors (Lipinski definition) is 2. The molecule has 20 heavy (non-hydrogen) atoms. The standard InChI is InChI=1S/C12H19N5O2S/c1-7(11(19)14-8-3-4-8)20-12-16-15-10(17(12)2)6-5-9(13)18/h7-8H,3-6H2,1-2H3,(H2,13,18)(H,14,19)/t7-/m0/s1. The fourth-order valence-electron chi connectivity index (χ4n) is 1.66. The lowest BCUT2D eigenvalue weighted by Crippen LogP contribution is -2.32. The predicted molar refractivity (Wildman–Crippen MR) is 75.0 cm³/mol. The highest BCUT2D eigenvalue weighted by Crippen LogP contribution is 2.24. The lowest BCUT2D eigenvalue weighted by Gasteiger charge is -2.10. The Hall–Kier alpha value is -1.57. The van der Waals surface area contributed by atoms with Crippen LogP contribution in [0.15, 0.2) is 5.16 Å². The summed E-state index contributed by atoms with van der Waals surface area (Å²) in [6.07, 6.45) is 2.85. The van der Waals surface area contributed by atoms with E-state index in [-0.39, 0.29) is 23.5 Å².